The molecule has 0 fully saturated rings. The summed E-state index contributed by atoms with van der Waals surface area (Å²) in [6, 6.07) is 0.955. The predicted molar refractivity (Wildman–Crippen MR) is 64.3 cm³/mol. The molecule has 1 unspecified atom stereocenters. The summed E-state index contributed by atoms with van der Waals surface area (Å²) in [6.45, 7) is 0.0902. The van der Waals surface area contributed by atoms with Crippen LogP contribution in [-0.4, -0.2) is 23.6 Å². The lowest BCUT2D eigenvalue weighted by Crippen LogP contribution is -2.21. The first kappa shape index (κ1) is 14.0. The molecular weight excluding hydrogens is 327 g/mol. The van der Waals surface area contributed by atoms with E-state index in [0.717, 1.165) is 6.07 Å². The molecule has 16 heavy (non-hydrogen) atoms. The molecule has 0 aliphatic carbocycles. The van der Waals surface area contributed by atoms with Crippen molar-refractivity contribution in [3.63, 3.8) is 0 Å². The fourth-order valence-corrected chi connectivity index (χ4v) is 2.02. The van der Waals surface area contributed by atoms with Crippen LogP contribution in [0.3, 0.4) is 0 Å². The molecule has 0 aromatic heterocycles. The highest BCUT2D eigenvalue weighted by Crippen LogP contribution is 2.34. The Morgan fingerprint density at radius 3 is 2.69 bits per heavy atom. The summed E-state index contributed by atoms with van der Waals surface area (Å²) >= 11 is 14.0. The number of aliphatic hydroxyl groups excluding tert-OH is 1. The molecule has 0 aliphatic heterocycles. The van der Waals surface area contributed by atoms with Gasteiger partial charge in [0.1, 0.15) is 5.02 Å². The Morgan fingerprint density at radius 2 is 2.12 bits per heavy atom. The van der Waals surface area contributed by atoms with Gasteiger partial charge in [-0.05, 0) is 22.0 Å². The maximum Gasteiger partial charge on any atom is 0.179 e. The summed E-state index contributed by atoms with van der Waals surface area (Å²) in [4.78, 5) is 0. The monoisotopic (exact) mass is 333 g/mol. The molecule has 2 nitrogen and oxygen atoms in total. The van der Waals surface area contributed by atoms with Crippen molar-refractivity contribution in [2.75, 3.05) is 17.7 Å². The second kappa shape index (κ2) is 6.00. The smallest absolute Gasteiger partial charge is 0.179 e. The van der Waals surface area contributed by atoms with Crippen LogP contribution in [0.15, 0.2) is 10.5 Å². The molecule has 7 heteroatoms. The first-order valence-electron chi connectivity index (χ1n) is 4.28. The number of nitrogens with one attached hydrogen (secondary N) is 1. The second-order valence-corrected chi connectivity index (χ2v) is 4.57. The van der Waals surface area contributed by atoms with E-state index in [-0.39, 0.29) is 27.6 Å². The fourth-order valence-electron chi connectivity index (χ4n) is 1.00. The summed E-state index contributed by atoms with van der Waals surface area (Å²) in [6.07, 6.45) is -0.794. The van der Waals surface area contributed by atoms with Gasteiger partial charge < -0.3 is 10.4 Å². The van der Waals surface area contributed by atoms with Crippen molar-refractivity contribution in [2.24, 2.45) is 0 Å². The molecule has 0 bridgehead atoms. The average Bonchev–Trinajstić information content (AvgIpc) is 2.25. The van der Waals surface area contributed by atoms with Crippen molar-refractivity contribution < 1.29 is 13.9 Å². The van der Waals surface area contributed by atoms with E-state index in [9.17, 15) is 13.9 Å². The summed E-state index contributed by atoms with van der Waals surface area (Å²) in [5.41, 5.74) is 0.185. The van der Waals surface area contributed by atoms with Crippen LogP contribution in [0.1, 0.15) is 0 Å². The van der Waals surface area contributed by atoms with Crippen LogP contribution in [0.4, 0.5) is 14.5 Å². The summed E-state index contributed by atoms with van der Waals surface area (Å²) in [5, 5.41) is 11.5. The number of benzene rings is 1. The normalized spacial score (nSPS) is 12.6. The van der Waals surface area contributed by atoms with Crippen LogP contribution in [0.5, 0.6) is 0 Å². The molecule has 0 radical (unpaired) electrons. The van der Waals surface area contributed by atoms with Gasteiger partial charge in [-0.25, -0.2) is 8.78 Å². The number of aliphatic hydroxyl groups is 1. The maximum absolute atomic E-state index is 13.1. The van der Waals surface area contributed by atoms with Gasteiger partial charge in [0.05, 0.1) is 17.7 Å². The first-order chi connectivity index (χ1) is 7.47. The lowest BCUT2D eigenvalue weighted by atomic mass is 10.3. The highest BCUT2D eigenvalue weighted by Gasteiger charge is 2.16. The van der Waals surface area contributed by atoms with Crippen LogP contribution in [-0.2, 0) is 0 Å². The minimum atomic E-state index is -1.13. The van der Waals surface area contributed by atoms with Crippen molar-refractivity contribution in [1.82, 2.24) is 0 Å². The third-order valence-electron chi connectivity index (χ3n) is 1.81. The lowest BCUT2D eigenvalue weighted by Gasteiger charge is -2.13. The van der Waals surface area contributed by atoms with Crippen molar-refractivity contribution >= 4 is 44.8 Å². The Bertz CT molecular complexity index is 392. The van der Waals surface area contributed by atoms with E-state index in [4.69, 9.17) is 23.2 Å². The lowest BCUT2D eigenvalue weighted by molar-refractivity contribution is 0.211. The molecule has 2 N–H and O–H groups in total. The summed E-state index contributed by atoms with van der Waals surface area (Å²) in [7, 11) is 0. The first-order valence-corrected chi connectivity index (χ1v) is 5.98. The third kappa shape index (κ3) is 3.20. The van der Waals surface area contributed by atoms with Crippen molar-refractivity contribution in [1.29, 1.82) is 0 Å². The number of halogens is 5. The molecular formula is C9H8BrCl2F2NO. The van der Waals surface area contributed by atoms with Crippen LogP contribution in [0.25, 0.3) is 0 Å². The molecule has 1 rings (SSSR count). The van der Waals surface area contributed by atoms with Crippen LogP contribution in [0, 0.1) is 11.6 Å². The van der Waals surface area contributed by atoms with Crippen molar-refractivity contribution in [3.8, 4) is 0 Å². The molecule has 0 amide bonds. The van der Waals surface area contributed by atoms with E-state index >= 15 is 0 Å². The number of hydrogen-bond donors (Lipinski definition) is 2. The number of rotatable bonds is 4. The van der Waals surface area contributed by atoms with Gasteiger partial charge in [-0.15, -0.1) is 11.6 Å². The number of alkyl halides is 1. The van der Waals surface area contributed by atoms with Gasteiger partial charge in [0, 0.05) is 11.0 Å². The van der Waals surface area contributed by atoms with Gasteiger partial charge in [0.15, 0.2) is 11.6 Å². The fraction of sp³-hybridized carbons (Fsp3) is 0.333. The Kier molecular flexibility index (Phi) is 5.24. The van der Waals surface area contributed by atoms with E-state index in [1.165, 1.54) is 0 Å². The molecule has 0 saturated carbocycles. The van der Waals surface area contributed by atoms with E-state index in [0.29, 0.717) is 0 Å². The molecule has 1 atom stereocenters. The molecule has 0 spiro atoms. The van der Waals surface area contributed by atoms with Crippen LogP contribution in [0.2, 0.25) is 5.02 Å². The molecule has 1 aromatic carbocycles. The van der Waals surface area contributed by atoms with E-state index in [2.05, 4.69) is 21.2 Å². The molecule has 0 heterocycles. The standard InChI is InChI=1S/C9H8BrCl2F2NO/c10-5-1-6(13)8(14)7(12)9(5)15-3-4(16)2-11/h1,4,15-16H,2-3H2. The van der Waals surface area contributed by atoms with Gasteiger partial charge in [-0.3, -0.25) is 0 Å². The zero-order valence-corrected chi connectivity index (χ0v) is 11.0. The van der Waals surface area contributed by atoms with Crippen molar-refractivity contribution in [3.05, 3.63) is 27.2 Å². The van der Waals surface area contributed by atoms with Crippen LogP contribution < -0.4 is 5.32 Å². The van der Waals surface area contributed by atoms with Gasteiger partial charge >= 0.3 is 0 Å². The molecule has 0 aliphatic rings. The highest BCUT2D eigenvalue weighted by atomic mass is 79.9. The van der Waals surface area contributed by atoms with E-state index in [1.807, 2.05) is 0 Å². The van der Waals surface area contributed by atoms with Crippen LogP contribution >= 0.6 is 39.1 Å². The molecule has 0 saturated heterocycles. The van der Waals surface area contributed by atoms with Crippen molar-refractivity contribution in [2.45, 2.75) is 6.10 Å². The zero-order chi connectivity index (χ0) is 12.3. The Hall–Kier alpha value is -0.100. The average molecular weight is 335 g/mol. The summed E-state index contributed by atoms with van der Waals surface area (Å²) in [5.74, 6) is -2.14. The van der Waals surface area contributed by atoms with Gasteiger partial charge in [0.25, 0.3) is 0 Å². The van der Waals surface area contributed by atoms with Gasteiger partial charge in [-0.2, -0.15) is 0 Å². The van der Waals surface area contributed by atoms with E-state index in [1.54, 1.807) is 0 Å². The van der Waals surface area contributed by atoms with Gasteiger partial charge in [-0.1, -0.05) is 11.6 Å². The van der Waals surface area contributed by atoms with E-state index < -0.39 is 17.7 Å². The highest BCUT2D eigenvalue weighted by molar-refractivity contribution is 9.10. The second-order valence-electron chi connectivity index (χ2n) is 3.03. The Morgan fingerprint density at radius 1 is 1.50 bits per heavy atom. The Labute approximate surface area is 110 Å². The minimum absolute atomic E-state index is 0.0336. The molecule has 1 aromatic rings. The largest absolute Gasteiger partial charge is 0.390 e. The third-order valence-corrected chi connectivity index (χ3v) is 3.14. The topological polar surface area (TPSA) is 32.3 Å². The summed E-state index contributed by atoms with van der Waals surface area (Å²) < 4.78 is 26.3. The Balaban J connectivity index is 2.92. The minimum Gasteiger partial charge on any atom is -0.390 e. The SMILES string of the molecule is OC(CCl)CNc1c(Br)cc(F)c(F)c1Cl. The quantitative estimate of drug-likeness (QED) is 0.502. The molecule has 90 valence electrons. The van der Waals surface area contributed by atoms with Gasteiger partial charge in [0.2, 0.25) is 0 Å². The maximum atomic E-state index is 13.1. The number of anilines is 1. The number of hydrogen-bond acceptors (Lipinski definition) is 2. The zero-order valence-electron chi connectivity index (χ0n) is 7.91. The predicted octanol–water partition coefficient (Wildman–Crippen LogP) is 3.39.